The van der Waals surface area contributed by atoms with E-state index in [1.807, 2.05) is 13.8 Å². The first-order valence-corrected chi connectivity index (χ1v) is 6.29. The molecule has 3 N–H and O–H groups in total. The van der Waals surface area contributed by atoms with Crippen molar-refractivity contribution in [3.05, 3.63) is 0 Å². The van der Waals surface area contributed by atoms with Crippen molar-refractivity contribution in [2.45, 2.75) is 53.0 Å². The number of hydrazone groups is 1. The lowest BCUT2D eigenvalue weighted by Gasteiger charge is -2.38. The van der Waals surface area contributed by atoms with Crippen LogP contribution in [0.1, 0.15) is 47.5 Å². The third-order valence-electron chi connectivity index (χ3n) is 3.49. The standard InChI is InChI=1S/C13H26N4O/c1-6-7-11(17-14)8-16-13(4,5)12(2,3)9-15-10-18/h8,10H,6-7,9,14H2,1-5H3,(H,15,18)/b16-8?,17-11-. The number of hydrogen-bond donors (Lipinski definition) is 2. The van der Waals surface area contributed by atoms with Crippen molar-refractivity contribution < 1.29 is 4.79 Å². The van der Waals surface area contributed by atoms with Crippen LogP contribution in [0.2, 0.25) is 0 Å². The summed E-state index contributed by atoms with van der Waals surface area (Å²) in [7, 11) is 0. The Hall–Kier alpha value is -1.39. The van der Waals surface area contributed by atoms with E-state index < -0.39 is 0 Å². The summed E-state index contributed by atoms with van der Waals surface area (Å²) in [6.07, 6.45) is 4.26. The summed E-state index contributed by atoms with van der Waals surface area (Å²) in [5, 5.41) is 6.43. The largest absolute Gasteiger partial charge is 0.358 e. The van der Waals surface area contributed by atoms with Crippen molar-refractivity contribution in [3.63, 3.8) is 0 Å². The molecule has 1 amide bonds. The Morgan fingerprint density at radius 3 is 2.39 bits per heavy atom. The van der Waals surface area contributed by atoms with Crippen LogP contribution < -0.4 is 11.2 Å². The normalized spacial score (nSPS) is 13.9. The summed E-state index contributed by atoms with van der Waals surface area (Å²) in [6, 6.07) is 0. The maximum Gasteiger partial charge on any atom is 0.207 e. The number of carbonyl (C=O) groups excluding carboxylic acids is 1. The smallest absolute Gasteiger partial charge is 0.207 e. The average molecular weight is 254 g/mol. The summed E-state index contributed by atoms with van der Waals surface area (Å²) >= 11 is 0. The van der Waals surface area contributed by atoms with Gasteiger partial charge in [-0.25, -0.2) is 0 Å². The van der Waals surface area contributed by atoms with Gasteiger partial charge in [0.05, 0.1) is 11.3 Å². The van der Waals surface area contributed by atoms with E-state index >= 15 is 0 Å². The number of amides is 1. The summed E-state index contributed by atoms with van der Waals surface area (Å²) in [4.78, 5) is 15.0. The van der Waals surface area contributed by atoms with Gasteiger partial charge in [0.2, 0.25) is 6.41 Å². The van der Waals surface area contributed by atoms with Gasteiger partial charge in [0, 0.05) is 18.2 Å². The molecule has 0 radical (unpaired) electrons. The molecule has 0 unspecified atom stereocenters. The van der Waals surface area contributed by atoms with Gasteiger partial charge in [-0.2, -0.15) is 5.10 Å². The van der Waals surface area contributed by atoms with Crippen LogP contribution in [0.5, 0.6) is 0 Å². The first kappa shape index (κ1) is 16.6. The Morgan fingerprint density at radius 1 is 1.33 bits per heavy atom. The van der Waals surface area contributed by atoms with Gasteiger partial charge >= 0.3 is 0 Å². The van der Waals surface area contributed by atoms with Crippen LogP contribution in [0.3, 0.4) is 0 Å². The quantitative estimate of drug-likeness (QED) is 0.299. The zero-order valence-corrected chi connectivity index (χ0v) is 12.2. The zero-order valence-electron chi connectivity index (χ0n) is 12.2. The van der Waals surface area contributed by atoms with Crippen molar-refractivity contribution in [3.8, 4) is 0 Å². The van der Waals surface area contributed by atoms with E-state index in [1.54, 1.807) is 6.21 Å². The van der Waals surface area contributed by atoms with Gasteiger partial charge in [-0.05, 0) is 20.3 Å². The summed E-state index contributed by atoms with van der Waals surface area (Å²) in [5.41, 5.74) is 0.327. The molecule has 0 aliphatic rings. The molecule has 18 heavy (non-hydrogen) atoms. The molecule has 0 aliphatic heterocycles. The van der Waals surface area contributed by atoms with Crippen molar-refractivity contribution in [2.75, 3.05) is 6.54 Å². The number of nitrogens with two attached hydrogens (primary N) is 1. The van der Waals surface area contributed by atoms with Crippen molar-refractivity contribution in [1.29, 1.82) is 0 Å². The number of nitrogens with one attached hydrogen (secondary N) is 1. The minimum atomic E-state index is -0.313. The molecule has 0 saturated carbocycles. The average Bonchev–Trinajstić information content (AvgIpc) is 2.31. The van der Waals surface area contributed by atoms with Gasteiger partial charge < -0.3 is 11.2 Å². The molecule has 104 valence electrons. The van der Waals surface area contributed by atoms with Crippen LogP contribution >= 0.6 is 0 Å². The van der Waals surface area contributed by atoms with E-state index in [-0.39, 0.29) is 11.0 Å². The van der Waals surface area contributed by atoms with Crippen LogP contribution in [-0.4, -0.2) is 30.4 Å². The van der Waals surface area contributed by atoms with E-state index in [0.717, 1.165) is 18.6 Å². The van der Waals surface area contributed by atoms with Crippen LogP contribution in [-0.2, 0) is 4.79 Å². The fourth-order valence-electron chi connectivity index (χ4n) is 1.34. The van der Waals surface area contributed by atoms with Gasteiger partial charge in [0.25, 0.3) is 0 Å². The molecular formula is C13H26N4O. The van der Waals surface area contributed by atoms with Crippen molar-refractivity contribution >= 4 is 18.3 Å². The molecule has 0 aromatic rings. The molecule has 0 bridgehead atoms. The second kappa shape index (κ2) is 7.13. The Morgan fingerprint density at radius 2 is 1.94 bits per heavy atom. The Balaban J connectivity index is 4.81. The molecule has 0 aromatic heterocycles. The van der Waals surface area contributed by atoms with Gasteiger partial charge in [-0.3, -0.25) is 9.79 Å². The highest BCUT2D eigenvalue weighted by molar-refractivity contribution is 6.30. The monoisotopic (exact) mass is 254 g/mol. The van der Waals surface area contributed by atoms with E-state index in [1.165, 1.54) is 0 Å². The lowest BCUT2D eigenvalue weighted by Crippen LogP contribution is -2.44. The Bertz CT molecular complexity index is 319. The van der Waals surface area contributed by atoms with Crippen LogP contribution in [0.4, 0.5) is 0 Å². The topological polar surface area (TPSA) is 79.8 Å². The highest BCUT2D eigenvalue weighted by atomic mass is 16.1. The minimum absolute atomic E-state index is 0.156. The first-order valence-electron chi connectivity index (χ1n) is 6.29. The molecule has 0 aliphatic carbocycles. The third-order valence-corrected chi connectivity index (χ3v) is 3.49. The molecule has 0 saturated heterocycles. The SMILES string of the molecule is CCC/C(C=NC(C)(C)C(C)(C)CNC=O)=N/N. The highest BCUT2D eigenvalue weighted by Crippen LogP contribution is 2.32. The number of aliphatic imine (C=N–C) groups is 1. The summed E-state index contributed by atoms with van der Waals surface area (Å²) in [6.45, 7) is 10.9. The number of carbonyl (C=O) groups is 1. The fourth-order valence-corrected chi connectivity index (χ4v) is 1.34. The second-order valence-electron chi connectivity index (χ2n) is 5.57. The van der Waals surface area contributed by atoms with Gasteiger partial charge in [-0.1, -0.05) is 27.2 Å². The van der Waals surface area contributed by atoms with Crippen LogP contribution in [0.25, 0.3) is 0 Å². The molecule has 0 heterocycles. The molecule has 5 nitrogen and oxygen atoms in total. The van der Waals surface area contributed by atoms with Crippen molar-refractivity contribution in [1.82, 2.24) is 5.32 Å². The molecule has 0 rings (SSSR count). The van der Waals surface area contributed by atoms with E-state index in [2.05, 4.69) is 36.2 Å². The Labute approximate surface area is 110 Å². The van der Waals surface area contributed by atoms with E-state index in [4.69, 9.17) is 5.84 Å². The van der Waals surface area contributed by atoms with E-state index in [0.29, 0.717) is 13.0 Å². The van der Waals surface area contributed by atoms with Crippen LogP contribution in [0, 0.1) is 5.41 Å². The van der Waals surface area contributed by atoms with Crippen LogP contribution in [0.15, 0.2) is 10.1 Å². The van der Waals surface area contributed by atoms with Gasteiger partial charge in [0.1, 0.15) is 0 Å². The predicted molar refractivity (Wildman–Crippen MR) is 76.9 cm³/mol. The summed E-state index contributed by atoms with van der Waals surface area (Å²) < 4.78 is 0. The number of hydrogen-bond acceptors (Lipinski definition) is 4. The van der Waals surface area contributed by atoms with Crippen molar-refractivity contribution in [2.24, 2.45) is 21.4 Å². The lowest BCUT2D eigenvalue weighted by molar-refractivity contribution is -0.110. The lowest BCUT2D eigenvalue weighted by atomic mass is 9.75. The molecular weight excluding hydrogens is 228 g/mol. The maximum absolute atomic E-state index is 10.4. The molecule has 0 aromatic carbocycles. The highest BCUT2D eigenvalue weighted by Gasteiger charge is 2.36. The van der Waals surface area contributed by atoms with Gasteiger partial charge in [-0.15, -0.1) is 0 Å². The molecule has 5 heteroatoms. The minimum Gasteiger partial charge on any atom is -0.358 e. The molecule has 0 spiro atoms. The maximum atomic E-state index is 10.4. The second-order valence-corrected chi connectivity index (χ2v) is 5.57. The first-order chi connectivity index (χ1) is 8.30. The summed E-state index contributed by atoms with van der Waals surface area (Å²) in [5.74, 6) is 5.32. The fraction of sp³-hybridized carbons (Fsp3) is 0.769. The molecule has 0 fully saturated rings. The number of rotatable bonds is 8. The predicted octanol–water partition coefficient (Wildman–Crippen LogP) is 1.72. The molecule has 0 atom stereocenters. The zero-order chi connectivity index (χ0) is 14.2. The van der Waals surface area contributed by atoms with Gasteiger partial charge in [0.15, 0.2) is 0 Å². The van der Waals surface area contributed by atoms with E-state index in [9.17, 15) is 4.79 Å². The third kappa shape index (κ3) is 4.85. The Kier molecular flexibility index (Phi) is 6.58. The number of nitrogens with zero attached hydrogens (tertiary/aromatic N) is 2.